The van der Waals surface area contributed by atoms with Gasteiger partial charge in [-0.2, -0.15) is 0 Å². The molecule has 0 fully saturated rings. The van der Waals surface area contributed by atoms with Crippen LogP contribution >= 0.6 is 22.9 Å². The molecule has 9 heteroatoms. The third-order valence-electron chi connectivity index (χ3n) is 5.46. The Morgan fingerprint density at radius 1 is 1.19 bits per heavy atom. The average Bonchev–Trinajstić information content (AvgIpc) is 3.18. The number of anilines is 1. The van der Waals surface area contributed by atoms with Crippen molar-refractivity contribution in [2.75, 3.05) is 11.1 Å². The largest absolute Gasteiger partial charge is 0.302 e. The molecule has 1 aliphatic rings. The lowest BCUT2D eigenvalue weighted by Gasteiger charge is -2.20. The van der Waals surface area contributed by atoms with E-state index in [2.05, 4.69) is 10.3 Å². The molecule has 1 aromatic heterocycles. The first kappa shape index (κ1) is 22.6. The van der Waals surface area contributed by atoms with Crippen LogP contribution in [0.3, 0.4) is 0 Å². The highest BCUT2D eigenvalue weighted by Crippen LogP contribution is 2.39. The number of amides is 1. The zero-order valence-corrected chi connectivity index (χ0v) is 19.7. The number of hydrogen-bond acceptors (Lipinski definition) is 6. The van der Waals surface area contributed by atoms with E-state index in [1.54, 1.807) is 25.1 Å². The van der Waals surface area contributed by atoms with E-state index in [0.717, 1.165) is 5.56 Å². The van der Waals surface area contributed by atoms with Gasteiger partial charge in [-0.15, -0.1) is 0 Å². The number of nitrogens with zero attached hydrogens (tertiary/aromatic N) is 1. The van der Waals surface area contributed by atoms with E-state index < -0.39 is 9.84 Å². The number of aromatic nitrogens is 1. The monoisotopic (exact) mass is 488 g/mol. The molecule has 0 bridgehead atoms. The maximum Gasteiger partial charge on any atom is 0.230 e. The lowest BCUT2D eigenvalue weighted by molar-refractivity contribution is -0.115. The number of halogens is 1. The number of fused-ring (bicyclic) bond motifs is 1. The smallest absolute Gasteiger partial charge is 0.230 e. The van der Waals surface area contributed by atoms with E-state index in [9.17, 15) is 18.0 Å². The van der Waals surface area contributed by atoms with E-state index in [-0.39, 0.29) is 34.7 Å². The van der Waals surface area contributed by atoms with Crippen LogP contribution in [-0.2, 0) is 27.5 Å². The van der Waals surface area contributed by atoms with Crippen molar-refractivity contribution < 1.29 is 18.0 Å². The van der Waals surface area contributed by atoms with Crippen LogP contribution in [0.2, 0.25) is 5.02 Å². The molecule has 3 aromatic rings. The van der Waals surface area contributed by atoms with Gasteiger partial charge in [0.05, 0.1) is 33.6 Å². The van der Waals surface area contributed by atoms with Gasteiger partial charge in [0.15, 0.2) is 20.8 Å². The fraction of sp³-hybridized carbons (Fsp3) is 0.261. The summed E-state index contributed by atoms with van der Waals surface area (Å²) in [5, 5.41) is 3.72. The zero-order chi connectivity index (χ0) is 22.9. The molecule has 1 N–H and O–H groups in total. The van der Waals surface area contributed by atoms with Crippen molar-refractivity contribution in [3.8, 4) is 0 Å². The Labute approximate surface area is 195 Å². The van der Waals surface area contributed by atoms with E-state index in [4.69, 9.17) is 11.6 Å². The van der Waals surface area contributed by atoms with E-state index in [1.807, 2.05) is 18.2 Å². The topological polar surface area (TPSA) is 93.2 Å². The number of carbonyl (C=O) groups excluding carboxylic acids is 2. The number of nitrogens with one attached hydrogen (secondary N) is 1. The van der Waals surface area contributed by atoms with Gasteiger partial charge in [-0.1, -0.05) is 60.2 Å². The highest BCUT2D eigenvalue weighted by atomic mass is 35.5. The van der Waals surface area contributed by atoms with Crippen LogP contribution in [0.4, 0.5) is 5.13 Å². The lowest BCUT2D eigenvalue weighted by atomic mass is 9.84. The fourth-order valence-electron chi connectivity index (χ4n) is 3.72. The second-order valence-corrected chi connectivity index (χ2v) is 11.2. The quantitative estimate of drug-likeness (QED) is 0.543. The second kappa shape index (κ2) is 9.13. The number of sulfone groups is 1. The van der Waals surface area contributed by atoms with Crippen LogP contribution in [0.15, 0.2) is 53.4 Å². The number of rotatable bonds is 6. The highest BCUT2D eigenvalue weighted by Gasteiger charge is 2.33. The number of hydrogen-bond donors (Lipinski definition) is 1. The average molecular weight is 489 g/mol. The van der Waals surface area contributed by atoms with Gasteiger partial charge < -0.3 is 5.32 Å². The number of carbonyl (C=O) groups is 2. The molecule has 0 saturated carbocycles. The molecular weight excluding hydrogens is 468 g/mol. The normalized spacial score (nSPS) is 15.9. The maximum atomic E-state index is 13.0. The van der Waals surface area contributed by atoms with Crippen molar-refractivity contribution in [2.45, 2.75) is 37.0 Å². The molecule has 166 valence electrons. The number of benzene rings is 2. The minimum atomic E-state index is -3.28. The summed E-state index contributed by atoms with van der Waals surface area (Å²) in [6.07, 6.45) is 1.34. The van der Waals surface area contributed by atoms with Crippen molar-refractivity contribution in [2.24, 2.45) is 0 Å². The first-order valence-electron chi connectivity index (χ1n) is 10.2. The third kappa shape index (κ3) is 4.62. The Hall–Kier alpha value is -2.55. The molecule has 2 aromatic carbocycles. The summed E-state index contributed by atoms with van der Waals surface area (Å²) in [5.74, 6) is -0.585. The molecular formula is C23H21ClN2O4S2. The molecule has 4 rings (SSSR count). The first-order valence-corrected chi connectivity index (χ1v) is 13.0. The van der Waals surface area contributed by atoms with E-state index in [1.165, 1.54) is 23.5 Å². The Balaban J connectivity index is 1.45. The number of Topliss-reactive ketones (excluding diaryl/α,β-unsaturated/α-hetero) is 1. The van der Waals surface area contributed by atoms with Crippen LogP contribution < -0.4 is 5.32 Å². The Morgan fingerprint density at radius 3 is 2.59 bits per heavy atom. The van der Waals surface area contributed by atoms with Gasteiger partial charge >= 0.3 is 0 Å². The molecule has 1 aliphatic carbocycles. The van der Waals surface area contributed by atoms with Gasteiger partial charge in [-0.3, -0.25) is 9.59 Å². The van der Waals surface area contributed by atoms with Gasteiger partial charge in [0.25, 0.3) is 0 Å². The van der Waals surface area contributed by atoms with Crippen LogP contribution in [0.25, 0.3) is 0 Å². The summed E-state index contributed by atoms with van der Waals surface area (Å²) in [4.78, 5) is 30.8. The van der Waals surface area contributed by atoms with Crippen molar-refractivity contribution in [1.82, 2.24) is 4.98 Å². The minimum Gasteiger partial charge on any atom is -0.302 e. The highest BCUT2D eigenvalue weighted by molar-refractivity contribution is 7.91. The molecule has 0 aliphatic heterocycles. The standard InChI is InChI=1S/C23H21ClN2O4S2/c1-2-32(29,30)15-9-7-14(8-10-15)13-20(27)26-23-25-19-12-11-17(21(28)22(19)31-23)16-5-3-4-6-18(16)24/h3-10,17H,2,11-13H2,1H3,(H,25,26,27). The lowest BCUT2D eigenvalue weighted by Crippen LogP contribution is -2.19. The van der Waals surface area contributed by atoms with Crippen molar-refractivity contribution in [3.63, 3.8) is 0 Å². The zero-order valence-electron chi connectivity index (χ0n) is 17.3. The molecule has 0 saturated heterocycles. The summed E-state index contributed by atoms with van der Waals surface area (Å²) in [7, 11) is -3.28. The molecule has 1 unspecified atom stereocenters. The van der Waals surface area contributed by atoms with Gasteiger partial charge in [0.2, 0.25) is 5.91 Å². The number of thiazole rings is 1. The van der Waals surface area contributed by atoms with E-state index >= 15 is 0 Å². The second-order valence-electron chi connectivity index (χ2n) is 7.54. The summed E-state index contributed by atoms with van der Waals surface area (Å²) in [6, 6.07) is 13.6. The minimum absolute atomic E-state index is 0.0231. The van der Waals surface area contributed by atoms with Crippen LogP contribution in [0.1, 0.15) is 45.8 Å². The number of ketones is 1. The van der Waals surface area contributed by atoms with Crippen molar-refractivity contribution >= 4 is 49.6 Å². The maximum absolute atomic E-state index is 13.0. The predicted molar refractivity (Wildman–Crippen MR) is 125 cm³/mol. The summed E-state index contributed by atoms with van der Waals surface area (Å²) in [5.41, 5.74) is 2.21. The Kier molecular flexibility index (Phi) is 6.46. The molecule has 1 heterocycles. The molecule has 0 radical (unpaired) electrons. The SMILES string of the molecule is CCS(=O)(=O)c1ccc(CC(=O)Nc2nc3c(s2)C(=O)C(c2ccccc2Cl)CC3)cc1. The Morgan fingerprint density at radius 2 is 1.91 bits per heavy atom. The molecule has 0 spiro atoms. The van der Waals surface area contributed by atoms with Crippen LogP contribution in [0.5, 0.6) is 0 Å². The van der Waals surface area contributed by atoms with Gasteiger partial charge in [-0.25, -0.2) is 13.4 Å². The fourth-order valence-corrected chi connectivity index (χ4v) is 5.90. The van der Waals surface area contributed by atoms with Gasteiger partial charge in [0, 0.05) is 5.02 Å². The first-order chi connectivity index (χ1) is 15.3. The summed E-state index contributed by atoms with van der Waals surface area (Å²) >= 11 is 7.47. The van der Waals surface area contributed by atoms with Crippen LogP contribution in [-0.4, -0.2) is 30.8 Å². The van der Waals surface area contributed by atoms with Gasteiger partial charge in [-0.05, 0) is 42.2 Å². The van der Waals surface area contributed by atoms with Gasteiger partial charge in [0.1, 0.15) is 0 Å². The summed E-state index contributed by atoms with van der Waals surface area (Å²) in [6.45, 7) is 1.59. The molecule has 32 heavy (non-hydrogen) atoms. The Bertz CT molecular complexity index is 1280. The molecule has 6 nitrogen and oxygen atoms in total. The van der Waals surface area contributed by atoms with Crippen LogP contribution in [0, 0.1) is 0 Å². The van der Waals surface area contributed by atoms with Crippen molar-refractivity contribution in [1.29, 1.82) is 0 Å². The molecule has 1 amide bonds. The molecule has 1 atom stereocenters. The predicted octanol–water partition coefficient (Wildman–Crippen LogP) is 4.68. The van der Waals surface area contributed by atoms with Crippen molar-refractivity contribution in [3.05, 3.63) is 75.3 Å². The van der Waals surface area contributed by atoms with E-state index in [0.29, 0.717) is 39.1 Å². The number of aryl methyl sites for hydroxylation is 1. The summed E-state index contributed by atoms with van der Waals surface area (Å²) < 4.78 is 23.8. The third-order valence-corrected chi connectivity index (χ3v) is 8.58.